The summed E-state index contributed by atoms with van der Waals surface area (Å²) < 4.78 is 10.9. The summed E-state index contributed by atoms with van der Waals surface area (Å²) in [6.07, 6.45) is 2.11. The fourth-order valence-corrected chi connectivity index (χ4v) is 1.68. The highest BCUT2D eigenvalue weighted by molar-refractivity contribution is 5.26. The quantitative estimate of drug-likeness (QED) is 0.675. The van der Waals surface area contributed by atoms with Crippen LogP contribution in [0.25, 0.3) is 0 Å². The largest absolute Gasteiger partial charge is 0.489 e. The number of ether oxygens (including phenoxy) is 2. The Labute approximate surface area is 103 Å². The second-order valence-corrected chi connectivity index (χ2v) is 4.18. The Morgan fingerprint density at radius 1 is 1.47 bits per heavy atom. The number of aromatic nitrogens is 1. The van der Waals surface area contributed by atoms with Crippen molar-refractivity contribution >= 4 is 0 Å². The molecule has 94 valence electrons. The van der Waals surface area contributed by atoms with Crippen molar-refractivity contribution in [2.75, 3.05) is 26.3 Å². The molecule has 1 aliphatic rings. The van der Waals surface area contributed by atoms with Crippen molar-refractivity contribution in [1.29, 1.82) is 0 Å². The molecule has 2 heterocycles. The lowest BCUT2D eigenvalue weighted by Gasteiger charge is -2.19. The summed E-state index contributed by atoms with van der Waals surface area (Å²) in [6.45, 7) is 8.67. The van der Waals surface area contributed by atoms with E-state index in [1.807, 2.05) is 18.3 Å². The van der Waals surface area contributed by atoms with Gasteiger partial charge in [-0.1, -0.05) is 13.8 Å². The molecule has 0 amide bonds. The summed E-state index contributed by atoms with van der Waals surface area (Å²) in [5.74, 6) is 0.884. The summed E-state index contributed by atoms with van der Waals surface area (Å²) >= 11 is 0. The smallest absolute Gasteiger partial charge is 0.142 e. The molecule has 1 fully saturated rings. The third-order valence-corrected chi connectivity index (χ3v) is 2.94. The molecule has 2 rings (SSSR count). The van der Waals surface area contributed by atoms with E-state index in [0.717, 1.165) is 37.7 Å². The van der Waals surface area contributed by atoms with E-state index in [1.165, 1.54) is 0 Å². The molecule has 1 unspecified atom stereocenters. The first-order valence-electron chi connectivity index (χ1n) is 6.24. The Hall–Kier alpha value is -1.13. The number of pyridine rings is 1. The van der Waals surface area contributed by atoms with Gasteiger partial charge in [-0.2, -0.15) is 0 Å². The molecule has 4 nitrogen and oxygen atoms in total. The predicted molar refractivity (Wildman–Crippen MR) is 66.1 cm³/mol. The van der Waals surface area contributed by atoms with Gasteiger partial charge in [0.15, 0.2) is 0 Å². The van der Waals surface area contributed by atoms with Crippen LogP contribution in [0.3, 0.4) is 0 Å². The molecule has 1 aromatic heterocycles. The fraction of sp³-hybridized carbons (Fsp3) is 0.615. The zero-order valence-electron chi connectivity index (χ0n) is 10.6. The topological polar surface area (TPSA) is 37.9 Å². The van der Waals surface area contributed by atoms with Crippen molar-refractivity contribution in [2.24, 2.45) is 0 Å². The summed E-state index contributed by atoms with van der Waals surface area (Å²) in [5.41, 5.74) is 1.01. The Morgan fingerprint density at radius 2 is 2.24 bits per heavy atom. The van der Waals surface area contributed by atoms with Crippen molar-refractivity contribution in [3.63, 3.8) is 0 Å². The molecule has 1 saturated heterocycles. The molecule has 4 heteroatoms. The number of nitrogens with zero attached hydrogens (tertiary/aromatic N) is 2. The normalized spacial score (nSPS) is 18.4. The average molecular weight is 236 g/mol. The molecule has 1 aromatic rings. The standard InChI is InChI=1S/C13H20N2O2/c1-3-15(4-2)8-12-13(6-5-7-14-12)17-10-11-9-16-11/h5-7,11H,3-4,8-10H2,1-2H3. The zero-order chi connectivity index (χ0) is 12.1. The molecule has 0 bridgehead atoms. The minimum Gasteiger partial charge on any atom is -0.489 e. The van der Waals surface area contributed by atoms with E-state index in [0.29, 0.717) is 6.61 Å². The Morgan fingerprint density at radius 3 is 2.88 bits per heavy atom. The van der Waals surface area contributed by atoms with E-state index >= 15 is 0 Å². The van der Waals surface area contributed by atoms with Crippen molar-refractivity contribution in [3.05, 3.63) is 24.0 Å². The maximum atomic E-state index is 5.74. The SMILES string of the molecule is CCN(CC)Cc1ncccc1OCC1CO1. The summed E-state index contributed by atoms with van der Waals surface area (Å²) in [5, 5.41) is 0. The maximum Gasteiger partial charge on any atom is 0.142 e. The average Bonchev–Trinajstić information content (AvgIpc) is 3.18. The van der Waals surface area contributed by atoms with Crippen molar-refractivity contribution in [1.82, 2.24) is 9.88 Å². The Bertz CT molecular complexity index is 349. The first kappa shape index (κ1) is 12.3. The molecular formula is C13H20N2O2. The second-order valence-electron chi connectivity index (χ2n) is 4.18. The van der Waals surface area contributed by atoms with Crippen LogP contribution in [0.2, 0.25) is 0 Å². The van der Waals surface area contributed by atoms with Gasteiger partial charge in [0.2, 0.25) is 0 Å². The van der Waals surface area contributed by atoms with Gasteiger partial charge in [-0.25, -0.2) is 0 Å². The summed E-state index contributed by atoms with van der Waals surface area (Å²) in [4.78, 5) is 6.73. The van der Waals surface area contributed by atoms with E-state index in [4.69, 9.17) is 9.47 Å². The molecule has 0 saturated carbocycles. The van der Waals surface area contributed by atoms with Crippen LogP contribution in [0.4, 0.5) is 0 Å². The third-order valence-electron chi connectivity index (χ3n) is 2.94. The van der Waals surface area contributed by atoms with Crippen molar-refractivity contribution < 1.29 is 9.47 Å². The Kier molecular flexibility index (Phi) is 4.34. The summed E-state index contributed by atoms with van der Waals surface area (Å²) in [6, 6.07) is 3.89. The molecular weight excluding hydrogens is 216 g/mol. The van der Waals surface area contributed by atoms with Gasteiger partial charge in [0.05, 0.1) is 12.3 Å². The van der Waals surface area contributed by atoms with E-state index in [-0.39, 0.29) is 6.10 Å². The van der Waals surface area contributed by atoms with E-state index < -0.39 is 0 Å². The zero-order valence-corrected chi connectivity index (χ0v) is 10.6. The summed E-state index contributed by atoms with van der Waals surface area (Å²) in [7, 11) is 0. The van der Waals surface area contributed by atoms with Crippen LogP contribution in [-0.2, 0) is 11.3 Å². The fourth-order valence-electron chi connectivity index (χ4n) is 1.68. The number of rotatable bonds is 7. The van der Waals surface area contributed by atoms with E-state index in [9.17, 15) is 0 Å². The van der Waals surface area contributed by atoms with Crippen molar-refractivity contribution in [3.8, 4) is 5.75 Å². The van der Waals surface area contributed by atoms with Gasteiger partial charge in [-0.05, 0) is 25.2 Å². The number of hydrogen-bond donors (Lipinski definition) is 0. The van der Waals surface area contributed by atoms with Gasteiger partial charge in [-0.15, -0.1) is 0 Å². The van der Waals surface area contributed by atoms with Gasteiger partial charge in [0.25, 0.3) is 0 Å². The predicted octanol–water partition coefficient (Wildman–Crippen LogP) is 1.70. The lowest BCUT2D eigenvalue weighted by molar-refractivity contribution is 0.248. The minimum atomic E-state index is 0.288. The van der Waals surface area contributed by atoms with Crippen LogP contribution in [0.5, 0.6) is 5.75 Å². The van der Waals surface area contributed by atoms with E-state index in [1.54, 1.807) is 0 Å². The highest BCUT2D eigenvalue weighted by Gasteiger charge is 2.23. The molecule has 1 aliphatic heterocycles. The van der Waals surface area contributed by atoms with Crippen LogP contribution in [0.1, 0.15) is 19.5 Å². The molecule has 0 N–H and O–H groups in total. The van der Waals surface area contributed by atoms with Gasteiger partial charge < -0.3 is 9.47 Å². The van der Waals surface area contributed by atoms with Crippen LogP contribution < -0.4 is 4.74 Å². The van der Waals surface area contributed by atoms with Gasteiger partial charge in [0, 0.05) is 12.7 Å². The number of epoxide rings is 1. The van der Waals surface area contributed by atoms with Gasteiger partial charge in [0.1, 0.15) is 18.5 Å². The molecule has 0 radical (unpaired) electrons. The maximum absolute atomic E-state index is 5.74. The molecule has 1 atom stereocenters. The van der Waals surface area contributed by atoms with Gasteiger partial charge in [-0.3, -0.25) is 9.88 Å². The minimum absolute atomic E-state index is 0.288. The first-order chi connectivity index (χ1) is 8.33. The van der Waals surface area contributed by atoms with Crippen molar-refractivity contribution in [2.45, 2.75) is 26.5 Å². The lowest BCUT2D eigenvalue weighted by atomic mass is 10.3. The molecule has 0 aromatic carbocycles. The monoisotopic (exact) mass is 236 g/mol. The van der Waals surface area contributed by atoms with Gasteiger partial charge >= 0.3 is 0 Å². The van der Waals surface area contributed by atoms with Crippen LogP contribution in [0, 0.1) is 0 Å². The third kappa shape index (κ3) is 3.68. The Balaban J connectivity index is 1.98. The highest BCUT2D eigenvalue weighted by Crippen LogP contribution is 2.19. The highest BCUT2D eigenvalue weighted by atomic mass is 16.6. The van der Waals surface area contributed by atoms with Crippen LogP contribution >= 0.6 is 0 Å². The second kappa shape index (κ2) is 5.98. The van der Waals surface area contributed by atoms with Crippen LogP contribution in [-0.4, -0.2) is 42.3 Å². The first-order valence-corrected chi connectivity index (χ1v) is 6.24. The van der Waals surface area contributed by atoms with E-state index in [2.05, 4.69) is 23.7 Å². The number of hydrogen-bond acceptors (Lipinski definition) is 4. The molecule has 17 heavy (non-hydrogen) atoms. The molecule has 0 spiro atoms. The molecule has 0 aliphatic carbocycles. The lowest BCUT2D eigenvalue weighted by Crippen LogP contribution is -2.23. The van der Waals surface area contributed by atoms with Crippen LogP contribution in [0.15, 0.2) is 18.3 Å².